The normalized spacial score (nSPS) is 29.5. The molecule has 0 aliphatic carbocycles. The Balaban J connectivity index is 2.26. The summed E-state index contributed by atoms with van der Waals surface area (Å²) in [7, 11) is 1.61. The number of rotatable bonds is 6. The van der Waals surface area contributed by atoms with Gasteiger partial charge in [-0.1, -0.05) is 6.07 Å². The van der Waals surface area contributed by atoms with Gasteiger partial charge in [0.25, 0.3) is 0 Å². The van der Waals surface area contributed by atoms with Crippen molar-refractivity contribution in [2.24, 2.45) is 0 Å². The van der Waals surface area contributed by atoms with Crippen molar-refractivity contribution >= 4 is 5.69 Å². The van der Waals surface area contributed by atoms with E-state index < -0.39 is 37.3 Å². The summed E-state index contributed by atoms with van der Waals surface area (Å²) in [5.74, 6) is 0.407. The SMILES string of the molecule is COCc1ccc(OC2OC(CO)C(O)C(O)C2O)c(NC(C)(C)C)c1. The average Bonchev–Trinajstić information content (AvgIpc) is 2.56. The Labute approximate surface area is 153 Å². The maximum atomic E-state index is 10.2. The smallest absolute Gasteiger partial charge is 0.229 e. The summed E-state index contributed by atoms with van der Waals surface area (Å²) in [6, 6.07) is 5.40. The van der Waals surface area contributed by atoms with Gasteiger partial charge >= 0.3 is 0 Å². The van der Waals surface area contributed by atoms with Crippen LogP contribution in [0.2, 0.25) is 0 Å². The molecule has 0 saturated carbocycles. The standard InChI is InChI=1S/C18H29NO7/c1-18(2,3)19-11-7-10(9-24-4)5-6-12(11)25-17-16(23)15(22)14(21)13(8-20)26-17/h5-7,13-17,19-23H,8-9H2,1-4H3. The van der Waals surface area contributed by atoms with Crippen molar-refractivity contribution in [3.05, 3.63) is 23.8 Å². The quantitative estimate of drug-likeness (QED) is 0.482. The molecule has 1 fully saturated rings. The van der Waals surface area contributed by atoms with Crippen molar-refractivity contribution in [2.45, 2.75) is 63.6 Å². The summed E-state index contributed by atoms with van der Waals surface area (Å²) in [4.78, 5) is 0. The van der Waals surface area contributed by atoms with Gasteiger partial charge < -0.3 is 40.0 Å². The molecule has 1 aromatic carbocycles. The number of methoxy groups -OCH3 is 1. The lowest BCUT2D eigenvalue weighted by Gasteiger charge is -2.40. The number of anilines is 1. The highest BCUT2D eigenvalue weighted by atomic mass is 16.7. The summed E-state index contributed by atoms with van der Waals surface area (Å²) >= 11 is 0. The molecule has 1 aromatic rings. The third-order valence-corrected chi connectivity index (χ3v) is 3.96. The Morgan fingerprint density at radius 3 is 2.38 bits per heavy atom. The first kappa shape index (κ1) is 20.9. The zero-order chi connectivity index (χ0) is 19.5. The molecule has 5 N–H and O–H groups in total. The lowest BCUT2D eigenvalue weighted by Crippen LogP contribution is -2.60. The first-order chi connectivity index (χ1) is 12.2. The average molecular weight is 371 g/mol. The highest BCUT2D eigenvalue weighted by Gasteiger charge is 2.44. The molecule has 0 amide bonds. The van der Waals surface area contributed by atoms with Crippen LogP contribution in [0.5, 0.6) is 5.75 Å². The van der Waals surface area contributed by atoms with Crippen LogP contribution < -0.4 is 10.1 Å². The zero-order valence-electron chi connectivity index (χ0n) is 15.5. The summed E-state index contributed by atoms with van der Waals surface area (Å²) in [5, 5.41) is 42.6. The maximum Gasteiger partial charge on any atom is 0.229 e. The highest BCUT2D eigenvalue weighted by Crippen LogP contribution is 2.32. The lowest BCUT2D eigenvalue weighted by molar-refractivity contribution is -0.277. The van der Waals surface area contributed by atoms with Crippen molar-refractivity contribution < 1.29 is 34.6 Å². The molecule has 2 rings (SSSR count). The van der Waals surface area contributed by atoms with Crippen LogP contribution in [0, 0.1) is 0 Å². The predicted molar refractivity (Wildman–Crippen MR) is 94.9 cm³/mol. The number of benzene rings is 1. The van der Waals surface area contributed by atoms with Crippen LogP contribution >= 0.6 is 0 Å². The van der Waals surface area contributed by atoms with Crippen molar-refractivity contribution in [1.29, 1.82) is 0 Å². The number of nitrogens with one attached hydrogen (secondary N) is 1. The van der Waals surface area contributed by atoms with Crippen molar-refractivity contribution in [2.75, 3.05) is 19.0 Å². The fourth-order valence-corrected chi connectivity index (χ4v) is 2.73. The van der Waals surface area contributed by atoms with E-state index in [0.717, 1.165) is 5.56 Å². The molecule has 1 aliphatic heterocycles. The van der Waals surface area contributed by atoms with E-state index in [2.05, 4.69) is 5.32 Å². The van der Waals surface area contributed by atoms with E-state index in [1.54, 1.807) is 13.2 Å². The van der Waals surface area contributed by atoms with Crippen LogP contribution in [0.1, 0.15) is 26.3 Å². The van der Waals surface area contributed by atoms with E-state index in [-0.39, 0.29) is 5.54 Å². The Morgan fingerprint density at radius 1 is 1.12 bits per heavy atom. The Hall–Kier alpha value is -1.42. The molecule has 26 heavy (non-hydrogen) atoms. The second-order valence-corrected chi connectivity index (χ2v) is 7.45. The van der Waals surface area contributed by atoms with Crippen LogP contribution in [0.15, 0.2) is 18.2 Å². The van der Waals surface area contributed by atoms with Crippen LogP contribution in [-0.4, -0.2) is 70.4 Å². The van der Waals surface area contributed by atoms with E-state index in [1.807, 2.05) is 32.9 Å². The molecule has 5 unspecified atom stereocenters. The molecule has 148 valence electrons. The number of hydrogen-bond donors (Lipinski definition) is 5. The van der Waals surface area contributed by atoms with Crippen LogP contribution in [-0.2, 0) is 16.1 Å². The first-order valence-electron chi connectivity index (χ1n) is 8.53. The third-order valence-electron chi connectivity index (χ3n) is 3.96. The molecule has 0 bridgehead atoms. The maximum absolute atomic E-state index is 10.2. The van der Waals surface area contributed by atoms with E-state index in [0.29, 0.717) is 18.0 Å². The van der Waals surface area contributed by atoms with Gasteiger partial charge in [0.1, 0.15) is 30.2 Å². The molecular weight excluding hydrogens is 342 g/mol. The van der Waals surface area contributed by atoms with Gasteiger partial charge in [0.15, 0.2) is 0 Å². The van der Waals surface area contributed by atoms with E-state index in [9.17, 15) is 20.4 Å². The van der Waals surface area contributed by atoms with E-state index in [1.165, 1.54) is 0 Å². The molecule has 0 aromatic heterocycles. The minimum atomic E-state index is -1.49. The van der Waals surface area contributed by atoms with Gasteiger partial charge in [-0.3, -0.25) is 0 Å². The third kappa shape index (κ3) is 5.06. The van der Waals surface area contributed by atoms with Gasteiger partial charge in [-0.05, 0) is 38.5 Å². The number of aliphatic hydroxyl groups excluding tert-OH is 4. The van der Waals surface area contributed by atoms with Crippen LogP contribution in [0.4, 0.5) is 5.69 Å². The lowest BCUT2D eigenvalue weighted by atomic mass is 9.99. The van der Waals surface area contributed by atoms with E-state index >= 15 is 0 Å². The topological polar surface area (TPSA) is 121 Å². The molecule has 1 aliphatic rings. The van der Waals surface area contributed by atoms with Gasteiger partial charge in [-0.15, -0.1) is 0 Å². The van der Waals surface area contributed by atoms with Crippen molar-refractivity contribution in [1.82, 2.24) is 0 Å². The van der Waals surface area contributed by atoms with Gasteiger partial charge in [-0.2, -0.15) is 0 Å². The summed E-state index contributed by atoms with van der Waals surface area (Å²) in [5.41, 5.74) is 1.35. The van der Waals surface area contributed by atoms with E-state index in [4.69, 9.17) is 14.2 Å². The zero-order valence-corrected chi connectivity index (χ0v) is 15.5. The molecule has 0 spiro atoms. The summed E-state index contributed by atoms with van der Waals surface area (Å²) in [6.45, 7) is 5.90. The van der Waals surface area contributed by atoms with Gasteiger partial charge in [-0.25, -0.2) is 0 Å². The molecule has 0 radical (unpaired) electrons. The minimum Gasteiger partial charge on any atom is -0.460 e. The molecule has 5 atom stereocenters. The monoisotopic (exact) mass is 371 g/mol. The van der Waals surface area contributed by atoms with Crippen molar-refractivity contribution in [3.63, 3.8) is 0 Å². The number of ether oxygens (including phenoxy) is 3. The minimum absolute atomic E-state index is 0.251. The Bertz CT molecular complexity index is 587. The van der Waals surface area contributed by atoms with Crippen molar-refractivity contribution in [3.8, 4) is 5.75 Å². The predicted octanol–water partition coefficient (Wildman–Crippen LogP) is 0.222. The molecular formula is C18H29NO7. The Kier molecular flexibility index (Phi) is 6.84. The molecule has 1 saturated heterocycles. The first-order valence-corrected chi connectivity index (χ1v) is 8.53. The second-order valence-electron chi connectivity index (χ2n) is 7.45. The molecule has 8 nitrogen and oxygen atoms in total. The summed E-state index contributed by atoms with van der Waals surface area (Å²) < 4.78 is 16.3. The fraction of sp³-hybridized carbons (Fsp3) is 0.667. The number of aliphatic hydroxyl groups is 4. The largest absolute Gasteiger partial charge is 0.460 e. The fourth-order valence-electron chi connectivity index (χ4n) is 2.73. The second kappa shape index (κ2) is 8.51. The number of hydrogen-bond acceptors (Lipinski definition) is 8. The molecule has 1 heterocycles. The van der Waals surface area contributed by atoms with Gasteiger partial charge in [0.2, 0.25) is 6.29 Å². The van der Waals surface area contributed by atoms with Crippen LogP contribution in [0.25, 0.3) is 0 Å². The van der Waals surface area contributed by atoms with Crippen LogP contribution in [0.3, 0.4) is 0 Å². The van der Waals surface area contributed by atoms with Gasteiger partial charge in [0, 0.05) is 12.6 Å². The highest BCUT2D eigenvalue weighted by molar-refractivity contribution is 5.59. The molecule has 8 heteroatoms. The van der Waals surface area contributed by atoms with Gasteiger partial charge in [0.05, 0.1) is 18.9 Å². The summed E-state index contributed by atoms with van der Waals surface area (Å²) in [6.07, 6.45) is -6.64. The Morgan fingerprint density at radius 2 is 1.81 bits per heavy atom.